The van der Waals surface area contributed by atoms with Crippen LogP contribution >= 0.6 is 0 Å². The van der Waals surface area contributed by atoms with Crippen molar-refractivity contribution < 1.29 is 19.4 Å². The summed E-state index contributed by atoms with van der Waals surface area (Å²) in [5.41, 5.74) is 8.84. The Balaban J connectivity index is 1.86. The van der Waals surface area contributed by atoms with Crippen LogP contribution in [0.4, 0.5) is 16.3 Å². The van der Waals surface area contributed by atoms with Crippen molar-refractivity contribution in [3.8, 4) is 17.4 Å². The number of carboxylic acid groups (broad SMARTS) is 1. The SMILES string of the molecule is [N-]=[N+]=Nc1cc(Oc2ccc3c(c2)OCCN3C(=O)O)ncn1. The van der Waals surface area contributed by atoms with Gasteiger partial charge in [0.25, 0.3) is 0 Å². The minimum Gasteiger partial charge on any atom is -0.489 e. The summed E-state index contributed by atoms with van der Waals surface area (Å²) in [7, 11) is 0. The molecule has 1 N–H and O–H groups in total. The number of azide groups is 1. The number of benzene rings is 1. The van der Waals surface area contributed by atoms with Gasteiger partial charge in [-0.1, -0.05) is 0 Å². The van der Waals surface area contributed by atoms with E-state index in [1.165, 1.54) is 17.3 Å². The number of aromatic nitrogens is 2. The highest BCUT2D eigenvalue weighted by Gasteiger charge is 2.23. The molecule has 0 fully saturated rings. The fourth-order valence-corrected chi connectivity index (χ4v) is 2.07. The molecule has 0 bridgehead atoms. The normalized spacial score (nSPS) is 12.6. The van der Waals surface area contributed by atoms with Crippen LogP contribution in [0.3, 0.4) is 0 Å². The second kappa shape index (κ2) is 6.08. The van der Waals surface area contributed by atoms with Gasteiger partial charge in [0, 0.05) is 17.0 Å². The lowest BCUT2D eigenvalue weighted by Crippen LogP contribution is -2.36. The summed E-state index contributed by atoms with van der Waals surface area (Å²) < 4.78 is 11.0. The molecule has 1 aliphatic rings. The molecule has 0 spiro atoms. The van der Waals surface area contributed by atoms with Gasteiger partial charge in [-0.05, 0) is 22.8 Å². The predicted octanol–water partition coefficient (Wildman–Crippen LogP) is 3.09. The molecular weight excluding hydrogens is 304 g/mol. The van der Waals surface area contributed by atoms with Gasteiger partial charge in [-0.15, -0.1) is 0 Å². The smallest absolute Gasteiger partial charge is 0.412 e. The summed E-state index contributed by atoms with van der Waals surface area (Å²) in [5.74, 6) is 1.12. The highest BCUT2D eigenvalue weighted by Crippen LogP contribution is 2.36. The third kappa shape index (κ3) is 3.06. The van der Waals surface area contributed by atoms with Crippen molar-refractivity contribution in [2.75, 3.05) is 18.1 Å². The molecule has 0 radical (unpaired) electrons. The zero-order valence-electron chi connectivity index (χ0n) is 11.7. The molecule has 10 nitrogen and oxygen atoms in total. The molecule has 0 saturated carbocycles. The van der Waals surface area contributed by atoms with Crippen LogP contribution in [0.1, 0.15) is 0 Å². The van der Waals surface area contributed by atoms with Gasteiger partial charge in [-0.2, -0.15) is 0 Å². The highest BCUT2D eigenvalue weighted by molar-refractivity contribution is 5.89. The van der Waals surface area contributed by atoms with Crippen LogP contribution < -0.4 is 14.4 Å². The fraction of sp³-hybridized carbons (Fsp3) is 0.154. The van der Waals surface area contributed by atoms with E-state index in [1.54, 1.807) is 18.2 Å². The van der Waals surface area contributed by atoms with Crippen LogP contribution in [0, 0.1) is 0 Å². The number of amides is 1. The van der Waals surface area contributed by atoms with E-state index in [-0.39, 0.29) is 24.8 Å². The molecule has 0 aliphatic carbocycles. The molecule has 23 heavy (non-hydrogen) atoms. The average molecular weight is 314 g/mol. The van der Waals surface area contributed by atoms with Crippen LogP contribution in [0.15, 0.2) is 35.7 Å². The van der Waals surface area contributed by atoms with Crippen molar-refractivity contribution >= 4 is 17.6 Å². The molecular formula is C13H10N6O4. The Bertz CT molecular complexity index is 805. The Morgan fingerprint density at radius 2 is 2.30 bits per heavy atom. The first-order valence-electron chi connectivity index (χ1n) is 6.49. The molecule has 1 aliphatic heterocycles. The van der Waals surface area contributed by atoms with Gasteiger partial charge in [-0.25, -0.2) is 14.8 Å². The van der Waals surface area contributed by atoms with Crippen LogP contribution in [-0.4, -0.2) is 34.3 Å². The molecule has 116 valence electrons. The van der Waals surface area contributed by atoms with E-state index >= 15 is 0 Å². The minimum atomic E-state index is -1.04. The quantitative estimate of drug-likeness (QED) is 0.525. The number of anilines is 1. The number of carbonyl (C=O) groups is 1. The van der Waals surface area contributed by atoms with E-state index in [0.717, 1.165) is 0 Å². The van der Waals surface area contributed by atoms with Gasteiger partial charge >= 0.3 is 6.09 Å². The number of nitrogens with zero attached hydrogens (tertiary/aromatic N) is 6. The van der Waals surface area contributed by atoms with Gasteiger partial charge in [0.05, 0.1) is 12.2 Å². The Morgan fingerprint density at radius 1 is 1.43 bits per heavy atom. The zero-order chi connectivity index (χ0) is 16.2. The van der Waals surface area contributed by atoms with E-state index < -0.39 is 6.09 Å². The Kier molecular flexibility index (Phi) is 3.81. The molecule has 1 aromatic heterocycles. The van der Waals surface area contributed by atoms with E-state index in [4.69, 9.17) is 20.1 Å². The van der Waals surface area contributed by atoms with Gasteiger partial charge in [0.15, 0.2) is 0 Å². The fourth-order valence-electron chi connectivity index (χ4n) is 2.07. The summed E-state index contributed by atoms with van der Waals surface area (Å²) in [4.78, 5) is 22.7. The van der Waals surface area contributed by atoms with Gasteiger partial charge < -0.3 is 14.6 Å². The summed E-state index contributed by atoms with van der Waals surface area (Å²) in [5, 5.41) is 12.5. The van der Waals surface area contributed by atoms with E-state index in [0.29, 0.717) is 17.2 Å². The Labute approximate surface area is 129 Å². The summed E-state index contributed by atoms with van der Waals surface area (Å²) in [6, 6.07) is 6.13. The summed E-state index contributed by atoms with van der Waals surface area (Å²) in [6.07, 6.45) is 0.165. The molecule has 0 unspecified atom stereocenters. The van der Waals surface area contributed by atoms with Crippen LogP contribution in [0.5, 0.6) is 17.4 Å². The highest BCUT2D eigenvalue weighted by atomic mass is 16.5. The van der Waals surface area contributed by atoms with E-state index in [2.05, 4.69) is 20.0 Å². The third-order valence-corrected chi connectivity index (χ3v) is 3.02. The molecule has 1 amide bonds. The molecule has 0 saturated heterocycles. The van der Waals surface area contributed by atoms with Crippen molar-refractivity contribution in [2.45, 2.75) is 0 Å². The molecule has 2 aromatic rings. The standard InChI is InChI=1S/C13H10N6O4/c14-18-17-11-6-12(16-7-15-11)23-8-1-2-9-10(5-8)22-4-3-19(9)13(20)21/h1-2,5-7H,3-4H2,(H,20,21). The maximum absolute atomic E-state index is 11.2. The molecule has 1 aromatic carbocycles. The minimum absolute atomic E-state index is 0.128. The van der Waals surface area contributed by atoms with Crippen molar-refractivity contribution in [1.82, 2.24) is 9.97 Å². The average Bonchev–Trinajstić information content (AvgIpc) is 2.54. The van der Waals surface area contributed by atoms with Crippen molar-refractivity contribution in [3.05, 3.63) is 41.0 Å². The second-order valence-corrected chi connectivity index (χ2v) is 4.42. The first-order chi connectivity index (χ1) is 11.2. The van der Waals surface area contributed by atoms with Gasteiger partial charge in [0.2, 0.25) is 5.88 Å². The predicted molar refractivity (Wildman–Crippen MR) is 78.2 cm³/mol. The molecule has 0 atom stereocenters. The van der Waals surface area contributed by atoms with Crippen molar-refractivity contribution in [1.29, 1.82) is 0 Å². The van der Waals surface area contributed by atoms with Gasteiger partial charge in [0.1, 0.15) is 30.3 Å². The number of rotatable bonds is 3. The van der Waals surface area contributed by atoms with Gasteiger partial charge in [-0.3, -0.25) is 4.90 Å². The first-order valence-corrected chi connectivity index (χ1v) is 6.49. The molecule has 3 rings (SSSR count). The monoisotopic (exact) mass is 314 g/mol. The zero-order valence-corrected chi connectivity index (χ0v) is 11.7. The number of hydrogen-bond acceptors (Lipinski definition) is 6. The van der Waals surface area contributed by atoms with E-state index in [1.807, 2.05) is 0 Å². The third-order valence-electron chi connectivity index (χ3n) is 3.02. The van der Waals surface area contributed by atoms with Crippen molar-refractivity contribution in [2.24, 2.45) is 5.11 Å². The lowest BCUT2D eigenvalue weighted by atomic mass is 10.2. The molecule has 10 heteroatoms. The first kappa shape index (κ1) is 14.4. The van der Waals surface area contributed by atoms with E-state index in [9.17, 15) is 4.79 Å². The maximum Gasteiger partial charge on any atom is 0.412 e. The number of hydrogen-bond donors (Lipinski definition) is 1. The van der Waals surface area contributed by atoms with Crippen LogP contribution in [0.25, 0.3) is 10.4 Å². The maximum atomic E-state index is 11.2. The topological polar surface area (TPSA) is 134 Å². The summed E-state index contributed by atoms with van der Waals surface area (Å²) >= 11 is 0. The second-order valence-electron chi connectivity index (χ2n) is 4.42. The summed E-state index contributed by atoms with van der Waals surface area (Å²) in [6.45, 7) is 0.529. The van der Waals surface area contributed by atoms with Crippen molar-refractivity contribution in [3.63, 3.8) is 0 Å². The Hall–Kier alpha value is -3.52. The number of fused-ring (bicyclic) bond motifs is 1. The van der Waals surface area contributed by atoms with Crippen LogP contribution in [-0.2, 0) is 0 Å². The lowest BCUT2D eigenvalue weighted by molar-refractivity contribution is 0.196. The lowest BCUT2D eigenvalue weighted by Gasteiger charge is -2.27. The Morgan fingerprint density at radius 3 is 3.09 bits per heavy atom. The number of ether oxygens (including phenoxy) is 2. The van der Waals surface area contributed by atoms with Crippen LogP contribution in [0.2, 0.25) is 0 Å². The largest absolute Gasteiger partial charge is 0.489 e. The molecule has 2 heterocycles.